The molecule has 0 aromatic heterocycles. The summed E-state index contributed by atoms with van der Waals surface area (Å²) >= 11 is 3.23. The number of nitrogen functional groups attached to an aromatic ring is 1. The third-order valence-electron chi connectivity index (χ3n) is 2.91. The van der Waals surface area contributed by atoms with Gasteiger partial charge in [0, 0.05) is 23.2 Å². The van der Waals surface area contributed by atoms with Crippen molar-refractivity contribution in [2.75, 3.05) is 32.0 Å². The van der Waals surface area contributed by atoms with Gasteiger partial charge in [0.15, 0.2) is 0 Å². The lowest BCUT2D eigenvalue weighted by Crippen LogP contribution is -2.46. The summed E-state index contributed by atoms with van der Waals surface area (Å²) in [7, 11) is -3.60. The average Bonchev–Trinajstić information content (AvgIpc) is 2.41. The summed E-state index contributed by atoms with van der Waals surface area (Å²) in [4.78, 5) is 0.145. The number of anilines is 1. The fourth-order valence-electron chi connectivity index (χ4n) is 1.85. The highest BCUT2D eigenvalue weighted by atomic mass is 79.9. The molecule has 1 heterocycles. The number of ether oxygens (including phenoxy) is 1. The quantitative estimate of drug-likeness (QED) is 0.770. The molecule has 0 amide bonds. The van der Waals surface area contributed by atoms with Crippen molar-refractivity contribution in [3.8, 4) is 0 Å². The minimum Gasteiger partial charge on any atom is -0.398 e. The van der Waals surface area contributed by atoms with Crippen LogP contribution in [0.3, 0.4) is 0 Å². The van der Waals surface area contributed by atoms with Gasteiger partial charge >= 0.3 is 0 Å². The molecule has 1 atom stereocenters. The van der Waals surface area contributed by atoms with Crippen LogP contribution in [0.25, 0.3) is 0 Å². The first kappa shape index (κ1) is 14.7. The van der Waals surface area contributed by atoms with Crippen LogP contribution in [0.2, 0.25) is 0 Å². The number of aliphatic hydroxyl groups excluding tert-OH is 1. The van der Waals surface area contributed by atoms with Crippen molar-refractivity contribution in [2.24, 2.45) is 0 Å². The topological polar surface area (TPSA) is 92.9 Å². The van der Waals surface area contributed by atoms with Crippen LogP contribution in [0.5, 0.6) is 0 Å². The number of halogens is 1. The molecule has 1 unspecified atom stereocenters. The Labute approximate surface area is 120 Å². The molecule has 1 saturated heterocycles. The van der Waals surface area contributed by atoms with Gasteiger partial charge in [-0.15, -0.1) is 0 Å². The number of aliphatic hydroxyl groups is 1. The highest BCUT2D eigenvalue weighted by molar-refractivity contribution is 9.10. The van der Waals surface area contributed by atoms with E-state index in [1.165, 1.54) is 16.4 Å². The molecule has 2 rings (SSSR count). The zero-order valence-corrected chi connectivity index (χ0v) is 12.5. The third kappa shape index (κ3) is 3.09. The second kappa shape index (κ2) is 5.76. The van der Waals surface area contributed by atoms with E-state index >= 15 is 0 Å². The van der Waals surface area contributed by atoms with E-state index in [1.807, 2.05) is 0 Å². The van der Waals surface area contributed by atoms with E-state index in [2.05, 4.69) is 15.9 Å². The monoisotopic (exact) mass is 350 g/mol. The van der Waals surface area contributed by atoms with E-state index in [4.69, 9.17) is 15.6 Å². The highest BCUT2D eigenvalue weighted by Gasteiger charge is 2.30. The van der Waals surface area contributed by atoms with Gasteiger partial charge in [-0.05, 0) is 34.1 Å². The fourth-order valence-corrected chi connectivity index (χ4v) is 3.59. The minimum atomic E-state index is -3.60. The predicted octanol–water partition coefficient (Wildman–Crippen LogP) is 0.413. The van der Waals surface area contributed by atoms with Crippen molar-refractivity contribution >= 4 is 31.6 Å². The summed E-state index contributed by atoms with van der Waals surface area (Å²) in [6.07, 6.45) is -0.476. The Morgan fingerprint density at radius 3 is 2.89 bits per heavy atom. The largest absolute Gasteiger partial charge is 0.398 e. The molecule has 0 aliphatic carbocycles. The number of hydrogen-bond acceptors (Lipinski definition) is 5. The van der Waals surface area contributed by atoms with Gasteiger partial charge in [0.1, 0.15) is 0 Å². The number of rotatable bonds is 3. The van der Waals surface area contributed by atoms with Gasteiger partial charge in [-0.2, -0.15) is 4.31 Å². The molecule has 1 aliphatic heterocycles. The number of benzene rings is 1. The zero-order valence-electron chi connectivity index (χ0n) is 10.1. The molecule has 0 radical (unpaired) electrons. The fraction of sp³-hybridized carbons (Fsp3) is 0.455. The number of nitrogens with two attached hydrogens (primary N) is 1. The first-order chi connectivity index (χ1) is 8.95. The van der Waals surface area contributed by atoms with E-state index in [1.54, 1.807) is 6.07 Å². The average molecular weight is 351 g/mol. The molecule has 0 saturated carbocycles. The predicted molar refractivity (Wildman–Crippen MR) is 74.1 cm³/mol. The lowest BCUT2D eigenvalue weighted by atomic mass is 10.3. The van der Waals surface area contributed by atoms with Gasteiger partial charge in [-0.25, -0.2) is 8.42 Å². The molecular weight excluding hydrogens is 336 g/mol. The van der Waals surface area contributed by atoms with E-state index in [0.717, 1.165) is 0 Å². The van der Waals surface area contributed by atoms with Crippen LogP contribution in [-0.2, 0) is 14.8 Å². The van der Waals surface area contributed by atoms with E-state index in [9.17, 15) is 8.42 Å². The van der Waals surface area contributed by atoms with Gasteiger partial charge in [0.25, 0.3) is 0 Å². The van der Waals surface area contributed by atoms with Crippen molar-refractivity contribution < 1.29 is 18.3 Å². The maximum Gasteiger partial charge on any atom is 0.243 e. The number of sulfonamides is 1. The number of hydrogen-bond donors (Lipinski definition) is 2. The Morgan fingerprint density at radius 2 is 2.26 bits per heavy atom. The maximum absolute atomic E-state index is 12.4. The van der Waals surface area contributed by atoms with Crippen LogP contribution in [0.1, 0.15) is 0 Å². The second-order valence-electron chi connectivity index (χ2n) is 4.22. The van der Waals surface area contributed by atoms with Crippen molar-refractivity contribution in [1.29, 1.82) is 0 Å². The van der Waals surface area contributed by atoms with Gasteiger partial charge in [0.05, 0.1) is 24.2 Å². The first-order valence-electron chi connectivity index (χ1n) is 5.73. The van der Waals surface area contributed by atoms with Crippen LogP contribution in [0.4, 0.5) is 5.69 Å². The lowest BCUT2D eigenvalue weighted by molar-refractivity contribution is -0.0304. The minimum absolute atomic E-state index is 0.145. The molecule has 1 aliphatic rings. The molecule has 6 nitrogen and oxygen atoms in total. The van der Waals surface area contributed by atoms with Crippen LogP contribution < -0.4 is 5.73 Å². The number of morpholine rings is 1. The summed E-state index contributed by atoms with van der Waals surface area (Å²) in [5.41, 5.74) is 6.07. The van der Waals surface area contributed by atoms with Gasteiger partial charge in [-0.3, -0.25) is 0 Å². The molecule has 0 bridgehead atoms. The molecule has 3 N–H and O–H groups in total. The van der Waals surface area contributed by atoms with Crippen LogP contribution >= 0.6 is 15.9 Å². The molecule has 106 valence electrons. The Balaban J connectivity index is 2.28. The summed E-state index contributed by atoms with van der Waals surface area (Å²) in [6, 6.07) is 4.52. The molecular formula is C11H15BrN2O4S. The Morgan fingerprint density at radius 1 is 1.53 bits per heavy atom. The third-order valence-corrected chi connectivity index (χ3v) is 5.49. The Hall–Kier alpha value is -0.670. The van der Waals surface area contributed by atoms with Crippen molar-refractivity contribution in [2.45, 2.75) is 11.0 Å². The van der Waals surface area contributed by atoms with E-state index in [0.29, 0.717) is 10.2 Å². The van der Waals surface area contributed by atoms with Crippen molar-refractivity contribution in [3.05, 3.63) is 22.7 Å². The molecule has 8 heteroatoms. The number of nitrogens with zero attached hydrogens (tertiary/aromatic N) is 1. The molecule has 1 aromatic rings. The van der Waals surface area contributed by atoms with Gasteiger partial charge in [-0.1, -0.05) is 0 Å². The Bertz CT molecular complexity index is 564. The SMILES string of the molecule is Nc1cc(S(=O)(=O)N2CCOC(CO)C2)ccc1Br. The normalized spacial score (nSPS) is 21.5. The molecule has 1 aromatic carbocycles. The summed E-state index contributed by atoms with van der Waals surface area (Å²) < 4.78 is 32.1. The first-order valence-corrected chi connectivity index (χ1v) is 7.96. The molecule has 1 fully saturated rings. The summed E-state index contributed by atoms with van der Waals surface area (Å²) in [5, 5.41) is 9.05. The lowest BCUT2D eigenvalue weighted by Gasteiger charge is -2.31. The molecule has 0 spiro atoms. The smallest absolute Gasteiger partial charge is 0.243 e. The van der Waals surface area contributed by atoms with E-state index in [-0.39, 0.29) is 31.2 Å². The standard InChI is InChI=1S/C11H15BrN2O4S/c12-10-2-1-9(5-11(10)13)19(16,17)14-3-4-18-8(6-14)7-15/h1-2,5,8,15H,3-4,6-7,13H2. The van der Waals surface area contributed by atoms with Crippen molar-refractivity contribution in [1.82, 2.24) is 4.31 Å². The van der Waals surface area contributed by atoms with E-state index < -0.39 is 16.1 Å². The summed E-state index contributed by atoms with van der Waals surface area (Å²) in [6.45, 7) is 0.495. The van der Waals surface area contributed by atoms with Crippen LogP contribution in [0.15, 0.2) is 27.6 Å². The van der Waals surface area contributed by atoms with Crippen molar-refractivity contribution in [3.63, 3.8) is 0 Å². The van der Waals surface area contributed by atoms with Crippen LogP contribution in [0, 0.1) is 0 Å². The highest BCUT2D eigenvalue weighted by Crippen LogP contribution is 2.25. The second-order valence-corrected chi connectivity index (χ2v) is 7.01. The Kier molecular flexibility index (Phi) is 4.46. The molecule has 19 heavy (non-hydrogen) atoms. The van der Waals surface area contributed by atoms with Crippen LogP contribution in [-0.4, -0.2) is 50.2 Å². The summed E-state index contributed by atoms with van der Waals surface area (Å²) in [5.74, 6) is 0. The van der Waals surface area contributed by atoms with Gasteiger partial charge in [0.2, 0.25) is 10.0 Å². The maximum atomic E-state index is 12.4. The van der Waals surface area contributed by atoms with Gasteiger partial charge < -0.3 is 15.6 Å². The zero-order chi connectivity index (χ0) is 14.0.